The van der Waals surface area contributed by atoms with Crippen LogP contribution < -0.4 is 0 Å². The first-order chi connectivity index (χ1) is 8.34. The second kappa shape index (κ2) is 5.84. The summed E-state index contributed by atoms with van der Waals surface area (Å²) in [6, 6.07) is -0.944. The van der Waals surface area contributed by atoms with Crippen LogP contribution in [0.1, 0.15) is 26.7 Å². The fourth-order valence-electron chi connectivity index (χ4n) is 1.42. The lowest BCUT2D eigenvalue weighted by Gasteiger charge is -2.33. The van der Waals surface area contributed by atoms with Crippen LogP contribution in [-0.2, 0) is 14.4 Å². The third kappa shape index (κ3) is 3.72. The second-order valence-electron chi connectivity index (χ2n) is 4.92. The molecule has 1 saturated heterocycles. The Morgan fingerprint density at radius 3 is 2.17 bits per heavy atom. The van der Waals surface area contributed by atoms with Crippen LogP contribution in [0, 0.1) is 5.92 Å². The molecule has 1 heterocycles. The minimum Gasteiger partial charge on any atom is -0.480 e. The number of carboxylic acids is 1. The van der Waals surface area contributed by atoms with Crippen LogP contribution in [0.2, 0.25) is 0 Å². The maximum Gasteiger partial charge on any atom is 0.326 e. The number of piperazine rings is 1. The third-order valence-corrected chi connectivity index (χ3v) is 3.16. The van der Waals surface area contributed by atoms with E-state index in [1.54, 1.807) is 0 Å². The Kier molecular flexibility index (Phi) is 4.69. The molecule has 0 unspecified atom stereocenters. The van der Waals surface area contributed by atoms with E-state index in [4.69, 9.17) is 5.11 Å². The molecule has 102 valence electrons. The number of amides is 2. The first-order valence-electron chi connectivity index (χ1n) is 6.13. The fraction of sp³-hybridized carbons (Fsp3) is 0.750. The van der Waals surface area contributed by atoms with E-state index in [0.717, 1.165) is 10.8 Å². The van der Waals surface area contributed by atoms with E-state index in [9.17, 15) is 14.4 Å². The van der Waals surface area contributed by atoms with Crippen molar-refractivity contribution in [3.05, 3.63) is 0 Å². The number of carbonyl (C=O) groups is 3. The van der Waals surface area contributed by atoms with Gasteiger partial charge in [-0.1, -0.05) is 19.8 Å². The van der Waals surface area contributed by atoms with Crippen LogP contribution in [0.15, 0.2) is 0 Å². The van der Waals surface area contributed by atoms with Gasteiger partial charge in [0.1, 0.15) is 6.04 Å². The maximum absolute atomic E-state index is 11.4. The van der Waals surface area contributed by atoms with Crippen molar-refractivity contribution in [2.75, 3.05) is 20.1 Å². The number of carboxylic acid groups (broad SMARTS) is 1. The number of carbonyl (C=O) groups excluding carboxylic acids is 2. The first kappa shape index (κ1) is 14.5. The molecule has 0 radical (unpaired) electrons. The Morgan fingerprint density at radius 2 is 1.78 bits per heavy atom. The van der Waals surface area contributed by atoms with Gasteiger partial charge in [0.2, 0.25) is 0 Å². The molecule has 2 rings (SSSR count). The summed E-state index contributed by atoms with van der Waals surface area (Å²) >= 11 is 0. The summed E-state index contributed by atoms with van der Waals surface area (Å²) in [6.45, 7) is 4.32. The molecule has 1 atom stereocenters. The highest BCUT2D eigenvalue weighted by Gasteiger charge is 2.35. The van der Waals surface area contributed by atoms with E-state index in [2.05, 4.69) is 6.92 Å². The smallest absolute Gasteiger partial charge is 0.326 e. The summed E-state index contributed by atoms with van der Waals surface area (Å²) in [5.41, 5.74) is 0. The highest BCUT2D eigenvalue weighted by Crippen LogP contribution is 2.26. The van der Waals surface area contributed by atoms with Gasteiger partial charge in [0.05, 0.1) is 0 Å². The van der Waals surface area contributed by atoms with Gasteiger partial charge in [-0.15, -0.1) is 0 Å². The molecule has 1 aliphatic heterocycles. The van der Waals surface area contributed by atoms with E-state index in [1.165, 1.54) is 31.7 Å². The lowest BCUT2D eigenvalue weighted by atomic mass is 10.2. The lowest BCUT2D eigenvalue weighted by Crippen LogP contribution is -2.57. The Morgan fingerprint density at radius 1 is 1.28 bits per heavy atom. The molecule has 0 aromatic rings. The van der Waals surface area contributed by atoms with E-state index >= 15 is 0 Å². The average molecular weight is 256 g/mol. The highest BCUT2D eigenvalue weighted by molar-refractivity contribution is 6.35. The van der Waals surface area contributed by atoms with Crippen LogP contribution in [0.25, 0.3) is 0 Å². The zero-order chi connectivity index (χ0) is 13.9. The minimum absolute atomic E-state index is 0.272. The summed E-state index contributed by atoms with van der Waals surface area (Å²) in [6.07, 6.45) is 2.97. The molecule has 6 heteroatoms. The number of aliphatic carboxylic acids is 1. The molecule has 1 N–H and O–H groups in total. The zero-order valence-electron chi connectivity index (χ0n) is 11.0. The van der Waals surface area contributed by atoms with Gasteiger partial charge in [0.25, 0.3) is 0 Å². The van der Waals surface area contributed by atoms with Gasteiger partial charge in [-0.25, -0.2) is 4.79 Å². The first-order valence-corrected chi connectivity index (χ1v) is 6.13. The molecule has 2 amide bonds. The normalized spacial score (nSPS) is 21.3. The SMILES string of the molecule is CC1CC1.C[C@H](C(=O)O)N1CCN(C)C(=O)C1=O. The fourth-order valence-corrected chi connectivity index (χ4v) is 1.42. The van der Waals surface area contributed by atoms with Gasteiger partial charge in [0, 0.05) is 20.1 Å². The summed E-state index contributed by atoms with van der Waals surface area (Å²) in [5.74, 6) is -1.41. The maximum atomic E-state index is 11.4. The topological polar surface area (TPSA) is 77.9 Å². The molecule has 18 heavy (non-hydrogen) atoms. The van der Waals surface area contributed by atoms with Gasteiger partial charge in [0.15, 0.2) is 0 Å². The van der Waals surface area contributed by atoms with Gasteiger partial charge in [-0.05, 0) is 12.8 Å². The minimum atomic E-state index is -1.10. The predicted octanol–water partition coefficient (Wildman–Crippen LogP) is 0.176. The van der Waals surface area contributed by atoms with Crippen molar-refractivity contribution in [1.29, 1.82) is 0 Å². The van der Waals surface area contributed by atoms with Gasteiger partial charge in [-0.3, -0.25) is 9.59 Å². The average Bonchev–Trinajstić information content (AvgIpc) is 3.09. The van der Waals surface area contributed by atoms with Crippen LogP contribution in [0.5, 0.6) is 0 Å². The third-order valence-electron chi connectivity index (χ3n) is 3.16. The Labute approximate surface area is 107 Å². The van der Waals surface area contributed by atoms with E-state index in [0.29, 0.717) is 6.54 Å². The molecule has 0 spiro atoms. The number of nitrogens with zero attached hydrogens (tertiary/aromatic N) is 2. The van der Waals surface area contributed by atoms with Crippen LogP contribution in [-0.4, -0.2) is 58.9 Å². The number of hydrogen-bond acceptors (Lipinski definition) is 3. The van der Waals surface area contributed by atoms with Crippen molar-refractivity contribution in [1.82, 2.24) is 9.80 Å². The summed E-state index contributed by atoms with van der Waals surface area (Å²) < 4.78 is 0. The summed E-state index contributed by atoms with van der Waals surface area (Å²) in [7, 11) is 1.52. The van der Waals surface area contributed by atoms with Crippen LogP contribution in [0.4, 0.5) is 0 Å². The highest BCUT2D eigenvalue weighted by atomic mass is 16.4. The molecule has 0 bridgehead atoms. The molecular formula is C12H20N2O4. The van der Waals surface area contributed by atoms with Crippen LogP contribution >= 0.6 is 0 Å². The van der Waals surface area contributed by atoms with Crippen molar-refractivity contribution < 1.29 is 19.5 Å². The Balaban J connectivity index is 0.000000341. The van der Waals surface area contributed by atoms with E-state index < -0.39 is 23.8 Å². The van der Waals surface area contributed by atoms with Crippen molar-refractivity contribution >= 4 is 17.8 Å². The van der Waals surface area contributed by atoms with Gasteiger partial charge >= 0.3 is 17.8 Å². The van der Waals surface area contributed by atoms with Crippen molar-refractivity contribution in [2.24, 2.45) is 5.92 Å². The largest absolute Gasteiger partial charge is 0.480 e. The second-order valence-corrected chi connectivity index (χ2v) is 4.92. The quantitative estimate of drug-likeness (QED) is 0.715. The summed E-state index contributed by atoms with van der Waals surface area (Å²) in [4.78, 5) is 35.5. The van der Waals surface area contributed by atoms with Crippen molar-refractivity contribution in [3.8, 4) is 0 Å². The van der Waals surface area contributed by atoms with Crippen molar-refractivity contribution in [3.63, 3.8) is 0 Å². The molecular weight excluding hydrogens is 236 g/mol. The van der Waals surface area contributed by atoms with Gasteiger partial charge in [-0.2, -0.15) is 0 Å². The molecule has 0 aromatic heterocycles. The Bertz CT molecular complexity index is 352. The zero-order valence-corrected chi connectivity index (χ0v) is 11.0. The molecule has 6 nitrogen and oxygen atoms in total. The predicted molar refractivity (Wildman–Crippen MR) is 64.8 cm³/mol. The number of likely N-dealkylation sites (N-methyl/N-ethyl adjacent to an activating group) is 1. The summed E-state index contributed by atoms with van der Waals surface area (Å²) in [5, 5.41) is 8.69. The molecule has 2 aliphatic rings. The molecule has 1 aliphatic carbocycles. The van der Waals surface area contributed by atoms with Crippen molar-refractivity contribution in [2.45, 2.75) is 32.7 Å². The molecule has 2 fully saturated rings. The number of rotatable bonds is 2. The van der Waals surface area contributed by atoms with Crippen LogP contribution in [0.3, 0.4) is 0 Å². The number of hydrogen-bond donors (Lipinski definition) is 1. The molecule has 1 saturated carbocycles. The monoisotopic (exact) mass is 256 g/mol. The standard InChI is InChI=1S/C8H12N2O4.C4H8/c1-5(8(13)14)10-4-3-9(2)6(11)7(10)12;1-4-2-3-4/h5H,3-4H2,1-2H3,(H,13,14);4H,2-3H2,1H3/t5-;/m1./s1. The Hall–Kier alpha value is -1.59. The van der Waals surface area contributed by atoms with E-state index in [-0.39, 0.29) is 6.54 Å². The van der Waals surface area contributed by atoms with E-state index in [1.807, 2.05) is 0 Å². The molecule has 0 aromatic carbocycles. The lowest BCUT2D eigenvalue weighted by molar-refractivity contribution is -0.160. The van der Waals surface area contributed by atoms with Gasteiger partial charge < -0.3 is 14.9 Å².